The van der Waals surface area contributed by atoms with Crippen LogP contribution in [0, 0.1) is 0 Å². The van der Waals surface area contributed by atoms with Gasteiger partial charge in [0.05, 0.1) is 18.7 Å². The number of nitrogens with zero attached hydrogens (tertiary/aromatic N) is 1. The normalized spacial score (nSPS) is 10.6. The van der Waals surface area contributed by atoms with Gasteiger partial charge in [-0.15, -0.1) is 11.3 Å². The van der Waals surface area contributed by atoms with E-state index in [9.17, 15) is 4.79 Å². The fraction of sp³-hybridized carbons (Fsp3) is 0.600. The summed E-state index contributed by atoms with van der Waals surface area (Å²) in [5, 5.41) is 9.70. The van der Waals surface area contributed by atoms with Crippen molar-refractivity contribution in [3.8, 4) is 0 Å². The number of carbonyl (C=O) groups is 1. The van der Waals surface area contributed by atoms with Crippen molar-refractivity contribution < 1.29 is 14.6 Å². The zero-order valence-electron chi connectivity index (χ0n) is 9.36. The highest BCUT2D eigenvalue weighted by molar-refractivity contribution is 7.97. The summed E-state index contributed by atoms with van der Waals surface area (Å²) in [4.78, 5) is 16.0. The number of hydrogen-bond acceptors (Lipinski definition) is 5. The Morgan fingerprint density at radius 1 is 1.62 bits per heavy atom. The first-order chi connectivity index (χ1) is 7.67. The number of rotatable bonds is 7. The Hall–Kier alpha value is -0.590. The minimum absolute atomic E-state index is 0.150. The first-order valence-electron chi connectivity index (χ1n) is 4.84. The van der Waals surface area contributed by atoms with Crippen LogP contribution in [0.2, 0.25) is 0 Å². The Morgan fingerprint density at radius 3 is 2.94 bits per heavy atom. The number of ether oxygens (including phenoxy) is 1. The molecule has 4 nitrogen and oxygen atoms in total. The van der Waals surface area contributed by atoms with Crippen molar-refractivity contribution in [3.63, 3.8) is 0 Å². The van der Waals surface area contributed by atoms with Gasteiger partial charge in [0.1, 0.15) is 5.01 Å². The zero-order chi connectivity index (χ0) is 12.0. The largest absolute Gasteiger partial charge is 0.481 e. The van der Waals surface area contributed by atoms with Gasteiger partial charge >= 0.3 is 5.97 Å². The number of hydrogen-bond donors (Lipinski definition) is 1. The van der Waals surface area contributed by atoms with Crippen LogP contribution >= 0.6 is 23.1 Å². The van der Waals surface area contributed by atoms with E-state index in [2.05, 4.69) is 4.98 Å². The third kappa shape index (κ3) is 4.11. The molecule has 0 aliphatic rings. The van der Waals surface area contributed by atoms with Gasteiger partial charge in [-0.25, -0.2) is 4.98 Å². The van der Waals surface area contributed by atoms with Gasteiger partial charge in [-0.05, 0) is 12.7 Å². The lowest BCUT2D eigenvalue weighted by molar-refractivity contribution is -0.136. The molecule has 1 heterocycles. The predicted octanol–water partition coefficient (Wildman–Crippen LogP) is 2.17. The molecular formula is C10H15NO3S2. The molecule has 0 spiro atoms. The molecule has 0 aromatic carbocycles. The van der Waals surface area contributed by atoms with Gasteiger partial charge in [0.2, 0.25) is 0 Å². The molecule has 6 heteroatoms. The van der Waals surface area contributed by atoms with Crippen LogP contribution in [0.3, 0.4) is 0 Å². The third-order valence-electron chi connectivity index (χ3n) is 1.94. The number of aryl methyl sites for hydroxylation is 1. The molecule has 0 atom stereocenters. The van der Waals surface area contributed by atoms with E-state index < -0.39 is 5.97 Å². The lowest BCUT2D eigenvalue weighted by atomic mass is 10.2. The average molecular weight is 261 g/mol. The van der Waals surface area contributed by atoms with Gasteiger partial charge < -0.3 is 9.84 Å². The van der Waals surface area contributed by atoms with Crippen molar-refractivity contribution >= 4 is 29.1 Å². The summed E-state index contributed by atoms with van der Waals surface area (Å²) < 4.78 is 5.06. The van der Waals surface area contributed by atoms with Gasteiger partial charge in [0.25, 0.3) is 0 Å². The Kier molecular flexibility index (Phi) is 5.79. The fourth-order valence-corrected chi connectivity index (χ4v) is 3.05. The molecule has 0 saturated carbocycles. The first-order valence-corrected chi connectivity index (χ1v) is 7.05. The molecule has 16 heavy (non-hydrogen) atoms. The maximum Gasteiger partial charge on any atom is 0.303 e. The van der Waals surface area contributed by atoms with E-state index in [0.29, 0.717) is 13.0 Å². The second-order valence-electron chi connectivity index (χ2n) is 3.24. The maximum absolute atomic E-state index is 10.5. The molecule has 90 valence electrons. The quantitative estimate of drug-likeness (QED) is 0.815. The SMILES string of the molecule is COCc1nc(CSC)sc1CCC(=O)O. The van der Waals surface area contributed by atoms with Crippen molar-refractivity contribution in [1.82, 2.24) is 4.98 Å². The Bertz CT molecular complexity index is 352. The summed E-state index contributed by atoms with van der Waals surface area (Å²) in [6.07, 6.45) is 2.71. The standard InChI is InChI=1S/C10H15NO3S2/c1-14-5-7-8(3-4-10(12)13)16-9(11-7)6-15-2/h3-6H2,1-2H3,(H,12,13). The number of aliphatic carboxylic acids is 1. The summed E-state index contributed by atoms with van der Waals surface area (Å²) in [6, 6.07) is 0. The monoisotopic (exact) mass is 261 g/mol. The van der Waals surface area contributed by atoms with E-state index in [4.69, 9.17) is 9.84 Å². The van der Waals surface area contributed by atoms with Crippen molar-refractivity contribution in [3.05, 3.63) is 15.6 Å². The molecule has 0 unspecified atom stereocenters. The number of methoxy groups -OCH3 is 1. The van der Waals surface area contributed by atoms with E-state index in [1.165, 1.54) is 0 Å². The highest BCUT2D eigenvalue weighted by Gasteiger charge is 2.12. The molecule has 0 fully saturated rings. The van der Waals surface area contributed by atoms with Crippen LogP contribution in [-0.4, -0.2) is 29.4 Å². The predicted molar refractivity (Wildman–Crippen MR) is 66.0 cm³/mol. The number of aromatic nitrogens is 1. The van der Waals surface area contributed by atoms with Crippen LogP contribution in [0.15, 0.2) is 0 Å². The molecule has 0 aliphatic carbocycles. The second-order valence-corrected chi connectivity index (χ2v) is 5.27. The Labute approximate surface area is 103 Å². The lowest BCUT2D eigenvalue weighted by Gasteiger charge is -1.98. The van der Waals surface area contributed by atoms with Gasteiger partial charge in [-0.2, -0.15) is 11.8 Å². The minimum Gasteiger partial charge on any atom is -0.481 e. The summed E-state index contributed by atoms with van der Waals surface area (Å²) in [6.45, 7) is 0.458. The molecule has 0 aliphatic heterocycles. The first kappa shape index (κ1) is 13.5. The lowest BCUT2D eigenvalue weighted by Crippen LogP contribution is -1.99. The van der Waals surface area contributed by atoms with Gasteiger partial charge in [0.15, 0.2) is 0 Å². The van der Waals surface area contributed by atoms with Crippen LogP contribution in [0.4, 0.5) is 0 Å². The van der Waals surface area contributed by atoms with Crippen LogP contribution in [0.1, 0.15) is 22.0 Å². The van der Waals surface area contributed by atoms with Crippen LogP contribution in [0.5, 0.6) is 0 Å². The number of carboxylic acids is 1. The third-order valence-corrected chi connectivity index (χ3v) is 3.84. The van der Waals surface area contributed by atoms with E-state index >= 15 is 0 Å². The highest BCUT2D eigenvalue weighted by atomic mass is 32.2. The number of thioether (sulfide) groups is 1. The molecule has 0 saturated heterocycles. The number of thiazole rings is 1. The average Bonchev–Trinajstić information content (AvgIpc) is 2.59. The van der Waals surface area contributed by atoms with Gasteiger partial charge in [-0.1, -0.05) is 0 Å². The molecule has 0 bridgehead atoms. The number of carboxylic acid groups (broad SMARTS) is 1. The van der Waals surface area contributed by atoms with E-state index in [1.807, 2.05) is 6.26 Å². The van der Waals surface area contributed by atoms with Crippen molar-refractivity contribution in [1.29, 1.82) is 0 Å². The summed E-state index contributed by atoms with van der Waals surface area (Å²) in [5.74, 6) is 0.0947. The fourth-order valence-electron chi connectivity index (χ4n) is 1.29. The Morgan fingerprint density at radius 2 is 2.38 bits per heavy atom. The van der Waals surface area contributed by atoms with E-state index in [0.717, 1.165) is 21.3 Å². The molecule has 1 N–H and O–H groups in total. The molecular weight excluding hydrogens is 246 g/mol. The van der Waals surface area contributed by atoms with Crippen LogP contribution in [-0.2, 0) is 28.3 Å². The van der Waals surface area contributed by atoms with Crippen LogP contribution in [0.25, 0.3) is 0 Å². The minimum atomic E-state index is -0.775. The summed E-state index contributed by atoms with van der Waals surface area (Å²) in [5.41, 5.74) is 0.887. The van der Waals surface area contributed by atoms with E-state index in [1.54, 1.807) is 30.2 Å². The zero-order valence-corrected chi connectivity index (χ0v) is 11.0. The van der Waals surface area contributed by atoms with E-state index in [-0.39, 0.29) is 6.42 Å². The van der Waals surface area contributed by atoms with Gasteiger partial charge in [-0.3, -0.25) is 4.79 Å². The van der Waals surface area contributed by atoms with Crippen molar-refractivity contribution in [2.75, 3.05) is 13.4 Å². The Balaban J connectivity index is 2.73. The molecule has 0 radical (unpaired) electrons. The molecule has 0 amide bonds. The second kappa shape index (κ2) is 6.88. The molecule has 1 aromatic heterocycles. The van der Waals surface area contributed by atoms with Crippen molar-refractivity contribution in [2.24, 2.45) is 0 Å². The smallest absolute Gasteiger partial charge is 0.303 e. The molecule has 1 rings (SSSR count). The highest BCUT2D eigenvalue weighted by Crippen LogP contribution is 2.23. The summed E-state index contributed by atoms with van der Waals surface area (Å²) >= 11 is 3.30. The van der Waals surface area contributed by atoms with Gasteiger partial charge in [0, 0.05) is 17.7 Å². The topological polar surface area (TPSA) is 59.4 Å². The van der Waals surface area contributed by atoms with Crippen molar-refractivity contribution in [2.45, 2.75) is 25.2 Å². The summed E-state index contributed by atoms with van der Waals surface area (Å²) in [7, 11) is 1.62. The maximum atomic E-state index is 10.5. The molecule has 1 aromatic rings. The van der Waals surface area contributed by atoms with Crippen LogP contribution < -0.4 is 0 Å².